The summed E-state index contributed by atoms with van der Waals surface area (Å²) in [4.78, 5) is 24.2. The van der Waals surface area contributed by atoms with Gasteiger partial charge in [0.1, 0.15) is 0 Å². The number of carbonyl (C=O) groups excluding carboxylic acids is 1. The van der Waals surface area contributed by atoms with Crippen LogP contribution in [0.5, 0.6) is 0 Å². The van der Waals surface area contributed by atoms with Gasteiger partial charge in [0.25, 0.3) is 5.56 Å². The summed E-state index contributed by atoms with van der Waals surface area (Å²) in [7, 11) is 0. The molecule has 3 rings (SSSR count). The Morgan fingerprint density at radius 2 is 1.63 bits per heavy atom. The van der Waals surface area contributed by atoms with Gasteiger partial charge in [0.05, 0.1) is 21.3 Å². The normalized spacial score (nSPS) is 12.0. The van der Waals surface area contributed by atoms with Gasteiger partial charge in [-0.3, -0.25) is 9.59 Å². The molecule has 0 saturated heterocycles. The van der Waals surface area contributed by atoms with Crippen LogP contribution in [0.15, 0.2) is 47.3 Å². The summed E-state index contributed by atoms with van der Waals surface area (Å²) in [5.41, 5.74) is 1.54. The topological polar surface area (TPSA) is 62.8 Å². The van der Waals surface area contributed by atoms with Gasteiger partial charge in [-0.2, -0.15) is 5.10 Å². The number of benzene rings is 2. The maximum absolute atomic E-state index is 12.9. The average molecular weight is 442 g/mol. The Hall–Kier alpha value is -1.85. The second-order valence-corrected chi connectivity index (χ2v) is 7.54. The Morgan fingerprint density at radius 3 is 2.22 bits per heavy atom. The number of ketones is 1. The summed E-state index contributed by atoms with van der Waals surface area (Å²) in [5.74, 6) is -0.598. The van der Waals surface area contributed by atoms with E-state index in [0.29, 0.717) is 26.9 Å². The smallest absolute Gasteiger partial charge is 0.264 e. The third-order valence-electron chi connectivity index (χ3n) is 4.10. The van der Waals surface area contributed by atoms with Gasteiger partial charge in [0, 0.05) is 27.6 Å². The molecule has 138 valence electrons. The molecule has 0 bridgehead atoms. The van der Waals surface area contributed by atoms with Crippen LogP contribution in [-0.4, -0.2) is 16.0 Å². The third-order valence-corrected chi connectivity index (χ3v) is 5.26. The molecule has 0 aliphatic carbocycles. The number of nitrogens with one attached hydrogen (secondary N) is 1. The van der Waals surface area contributed by atoms with Crippen molar-refractivity contribution >= 4 is 52.2 Å². The van der Waals surface area contributed by atoms with Gasteiger partial charge in [-0.1, -0.05) is 53.3 Å². The van der Waals surface area contributed by atoms with Gasteiger partial charge < -0.3 is 0 Å². The van der Waals surface area contributed by atoms with E-state index < -0.39 is 0 Å². The molecule has 0 amide bonds. The molecule has 3 aromatic rings. The fourth-order valence-corrected chi connectivity index (χ4v) is 3.95. The lowest BCUT2D eigenvalue weighted by molar-refractivity contribution is 0.103. The Balaban J connectivity index is 2.04. The van der Waals surface area contributed by atoms with Crippen molar-refractivity contribution in [1.29, 1.82) is 0 Å². The standard InChI is InChI=1S/C19H12Cl4N2O2/c1-9(16-4-5-17(26)25-24-16)12-6-10(2-3-13(12)21)19(27)18-14(22)7-11(20)8-15(18)23/h2-9H,1H3,(H,25,26). The van der Waals surface area contributed by atoms with Crippen LogP contribution in [0.2, 0.25) is 20.1 Å². The van der Waals surface area contributed by atoms with Crippen LogP contribution >= 0.6 is 46.4 Å². The van der Waals surface area contributed by atoms with E-state index in [1.54, 1.807) is 24.3 Å². The first-order valence-corrected chi connectivity index (χ1v) is 9.33. The van der Waals surface area contributed by atoms with Crippen molar-refractivity contribution in [2.75, 3.05) is 0 Å². The van der Waals surface area contributed by atoms with Gasteiger partial charge >= 0.3 is 0 Å². The van der Waals surface area contributed by atoms with Crippen LogP contribution in [-0.2, 0) is 0 Å². The number of nitrogens with zero attached hydrogens (tertiary/aromatic N) is 1. The van der Waals surface area contributed by atoms with E-state index >= 15 is 0 Å². The Morgan fingerprint density at radius 1 is 0.963 bits per heavy atom. The van der Waals surface area contributed by atoms with Gasteiger partial charge in [-0.05, 0) is 42.0 Å². The Kier molecular flexibility index (Phi) is 5.92. The minimum atomic E-state index is -0.346. The molecule has 0 aliphatic rings. The van der Waals surface area contributed by atoms with Crippen LogP contribution in [0.3, 0.4) is 0 Å². The van der Waals surface area contributed by atoms with Crippen LogP contribution in [0.25, 0.3) is 0 Å². The molecule has 1 unspecified atom stereocenters. The number of H-pyrrole nitrogens is 1. The van der Waals surface area contributed by atoms with E-state index in [1.807, 2.05) is 6.92 Å². The lowest BCUT2D eigenvalue weighted by atomic mass is 9.93. The van der Waals surface area contributed by atoms with E-state index in [4.69, 9.17) is 46.4 Å². The molecule has 1 N–H and O–H groups in total. The highest BCUT2D eigenvalue weighted by Crippen LogP contribution is 2.33. The first-order chi connectivity index (χ1) is 12.8. The van der Waals surface area contributed by atoms with Crippen LogP contribution in [0.4, 0.5) is 0 Å². The van der Waals surface area contributed by atoms with Gasteiger partial charge in [-0.25, -0.2) is 5.10 Å². The molecule has 1 aromatic heterocycles. The minimum absolute atomic E-state index is 0.171. The van der Waals surface area contributed by atoms with Crippen molar-refractivity contribution in [3.8, 4) is 0 Å². The first-order valence-electron chi connectivity index (χ1n) is 7.82. The van der Waals surface area contributed by atoms with Crippen molar-refractivity contribution < 1.29 is 4.79 Å². The summed E-state index contributed by atoms with van der Waals surface area (Å²) < 4.78 is 0. The first kappa shape index (κ1) is 19.9. The molecule has 0 radical (unpaired) electrons. The molecular weight excluding hydrogens is 430 g/mol. The molecule has 1 atom stereocenters. The number of aromatic amines is 1. The van der Waals surface area contributed by atoms with E-state index in [0.717, 1.165) is 0 Å². The molecule has 0 fully saturated rings. The van der Waals surface area contributed by atoms with Crippen molar-refractivity contribution in [3.05, 3.63) is 95.3 Å². The SMILES string of the molecule is CC(c1ccc(=O)[nH]n1)c1cc(C(=O)c2c(Cl)cc(Cl)cc2Cl)ccc1Cl. The second-order valence-electron chi connectivity index (χ2n) is 5.88. The molecule has 4 nitrogen and oxygen atoms in total. The van der Waals surface area contributed by atoms with Gasteiger partial charge in [0.2, 0.25) is 0 Å². The third kappa shape index (κ3) is 4.19. The zero-order valence-corrected chi connectivity index (χ0v) is 16.9. The maximum Gasteiger partial charge on any atom is 0.264 e. The summed E-state index contributed by atoms with van der Waals surface area (Å²) in [6.07, 6.45) is 0. The minimum Gasteiger partial charge on any atom is -0.288 e. The van der Waals surface area contributed by atoms with Crippen molar-refractivity contribution in [3.63, 3.8) is 0 Å². The van der Waals surface area contributed by atoms with Crippen molar-refractivity contribution in [1.82, 2.24) is 10.2 Å². The number of aromatic nitrogens is 2. The number of carbonyl (C=O) groups is 1. The maximum atomic E-state index is 12.9. The number of halogens is 4. The lowest BCUT2D eigenvalue weighted by Gasteiger charge is -2.15. The number of hydrogen-bond acceptors (Lipinski definition) is 3. The fraction of sp³-hybridized carbons (Fsp3) is 0.105. The number of rotatable bonds is 4. The molecule has 0 spiro atoms. The zero-order chi connectivity index (χ0) is 19.7. The quantitative estimate of drug-likeness (QED) is 0.523. The second kappa shape index (κ2) is 8.03. The summed E-state index contributed by atoms with van der Waals surface area (Å²) in [6.45, 7) is 1.87. The zero-order valence-electron chi connectivity index (χ0n) is 13.9. The van der Waals surface area contributed by atoms with E-state index in [9.17, 15) is 9.59 Å². The monoisotopic (exact) mass is 440 g/mol. The molecule has 1 heterocycles. The van der Waals surface area contributed by atoms with E-state index in [1.165, 1.54) is 18.2 Å². The Labute approximate surface area is 175 Å². The summed E-state index contributed by atoms with van der Waals surface area (Å²) in [5, 5.41) is 7.58. The van der Waals surface area contributed by atoms with E-state index in [-0.39, 0.29) is 32.9 Å². The molecular formula is C19H12Cl4N2O2. The lowest BCUT2D eigenvalue weighted by Crippen LogP contribution is -2.11. The highest BCUT2D eigenvalue weighted by Gasteiger charge is 2.21. The molecule has 27 heavy (non-hydrogen) atoms. The predicted molar refractivity (Wildman–Crippen MR) is 109 cm³/mol. The highest BCUT2D eigenvalue weighted by molar-refractivity contribution is 6.43. The summed E-state index contributed by atoms with van der Waals surface area (Å²) >= 11 is 24.6. The average Bonchev–Trinajstić information content (AvgIpc) is 2.61. The van der Waals surface area contributed by atoms with E-state index in [2.05, 4.69) is 10.2 Å². The largest absolute Gasteiger partial charge is 0.288 e. The van der Waals surface area contributed by atoms with Crippen LogP contribution < -0.4 is 5.56 Å². The molecule has 2 aromatic carbocycles. The highest BCUT2D eigenvalue weighted by atomic mass is 35.5. The van der Waals surface area contributed by atoms with Crippen LogP contribution in [0, 0.1) is 0 Å². The fourth-order valence-electron chi connectivity index (χ4n) is 2.68. The molecule has 8 heteroatoms. The predicted octanol–water partition coefficient (Wildman–Crippen LogP) is 5.77. The van der Waals surface area contributed by atoms with Crippen molar-refractivity contribution in [2.24, 2.45) is 0 Å². The van der Waals surface area contributed by atoms with Gasteiger partial charge in [0.15, 0.2) is 5.78 Å². The van der Waals surface area contributed by atoms with Crippen molar-refractivity contribution in [2.45, 2.75) is 12.8 Å². The Bertz CT molecular complexity index is 1050. The van der Waals surface area contributed by atoms with Gasteiger partial charge in [-0.15, -0.1) is 0 Å². The number of hydrogen-bond donors (Lipinski definition) is 1. The molecule has 0 saturated carbocycles. The molecule has 0 aliphatic heterocycles. The van der Waals surface area contributed by atoms with Crippen LogP contribution in [0.1, 0.15) is 40.0 Å². The summed E-state index contributed by atoms with van der Waals surface area (Å²) in [6, 6.07) is 10.8.